The molecular formula is C19H19N3O6S. The van der Waals surface area contributed by atoms with Crippen molar-refractivity contribution in [2.75, 3.05) is 12.4 Å². The summed E-state index contributed by atoms with van der Waals surface area (Å²) >= 11 is 1.01. The van der Waals surface area contributed by atoms with Gasteiger partial charge in [0.2, 0.25) is 0 Å². The molecule has 3 rings (SSSR count). The number of nitrogens with zero attached hydrogens (tertiary/aromatic N) is 1. The monoisotopic (exact) mass is 417 g/mol. The van der Waals surface area contributed by atoms with Crippen LogP contribution in [0.25, 0.3) is 10.2 Å². The molecule has 0 saturated carbocycles. The number of nitrogens with one attached hydrogen (secondary N) is 2. The Morgan fingerprint density at radius 2 is 2.00 bits per heavy atom. The summed E-state index contributed by atoms with van der Waals surface area (Å²) in [7, 11) is 1.49. The number of hydrogen-bond acceptors (Lipinski definition) is 6. The molecule has 0 aliphatic rings. The van der Waals surface area contributed by atoms with Gasteiger partial charge >= 0.3 is 11.7 Å². The summed E-state index contributed by atoms with van der Waals surface area (Å²) < 4.78 is 6.19. The zero-order chi connectivity index (χ0) is 21.1. The molecule has 0 spiro atoms. The van der Waals surface area contributed by atoms with Crippen LogP contribution in [0.5, 0.6) is 5.75 Å². The molecule has 152 valence electrons. The number of para-hydroxylation sites is 2. The molecule has 0 atom stereocenters. The van der Waals surface area contributed by atoms with Crippen LogP contribution in [0.3, 0.4) is 0 Å². The van der Waals surface area contributed by atoms with E-state index in [-0.39, 0.29) is 24.8 Å². The van der Waals surface area contributed by atoms with E-state index < -0.39 is 23.1 Å². The molecule has 9 nitrogen and oxygen atoms in total. The minimum Gasteiger partial charge on any atom is -0.495 e. The highest BCUT2D eigenvalue weighted by Crippen LogP contribution is 2.29. The van der Waals surface area contributed by atoms with Gasteiger partial charge in [-0.05, 0) is 31.0 Å². The largest absolute Gasteiger partial charge is 0.495 e. The number of ether oxygens (including phenoxy) is 1. The van der Waals surface area contributed by atoms with Crippen LogP contribution in [-0.2, 0) is 11.3 Å². The maximum absolute atomic E-state index is 12.8. The number of carbonyl (C=O) groups is 2. The molecule has 3 N–H and O–H groups in total. The van der Waals surface area contributed by atoms with E-state index in [2.05, 4.69) is 10.3 Å². The lowest BCUT2D eigenvalue weighted by molar-refractivity contribution is -0.137. The van der Waals surface area contributed by atoms with Crippen LogP contribution in [0.2, 0.25) is 0 Å². The Bertz CT molecular complexity index is 1210. The first-order valence-corrected chi connectivity index (χ1v) is 9.57. The van der Waals surface area contributed by atoms with Gasteiger partial charge in [-0.3, -0.25) is 23.9 Å². The zero-order valence-electron chi connectivity index (χ0n) is 15.8. The van der Waals surface area contributed by atoms with E-state index in [0.29, 0.717) is 26.7 Å². The van der Waals surface area contributed by atoms with Gasteiger partial charge in [0.25, 0.3) is 11.5 Å². The second-order valence-electron chi connectivity index (χ2n) is 6.30. The van der Waals surface area contributed by atoms with Gasteiger partial charge in [0.1, 0.15) is 10.6 Å². The normalized spacial score (nSPS) is 10.8. The summed E-state index contributed by atoms with van der Waals surface area (Å²) in [6.45, 7) is 1.62. The number of aryl methyl sites for hydroxylation is 1. The fraction of sp³-hybridized carbons (Fsp3) is 0.263. The highest BCUT2D eigenvalue weighted by atomic mass is 32.1. The van der Waals surface area contributed by atoms with E-state index in [9.17, 15) is 19.2 Å². The second-order valence-corrected chi connectivity index (χ2v) is 7.32. The third-order valence-electron chi connectivity index (χ3n) is 4.41. The fourth-order valence-corrected chi connectivity index (χ4v) is 4.07. The second kappa shape index (κ2) is 8.31. The third-order valence-corrected chi connectivity index (χ3v) is 5.61. The Kier molecular flexibility index (Phi) is 5.83. The quantitative estimate of drug-likeness (QED) is 0.540. The van der Waals surface area contributed by atoms with Crippen LogP contribution in [0.4, 0.5) is 5.69 Å². The molecule has 10 heteroatoms. The van der Waals surface area contributed by atoms with Gasteiger partial charge in [0.05, 0.1) is 23.1 Å². The highest BCUT2D eigenvalue weighted by molar-refractivity contribution is 7.20. The first-order chi connectivity index (χ1) is 13.8. The number of amides is 1. The molecular weight excluding hydrogens is 398 g/mol. The van der Waals surface area contributed by atoms with Crippen molar-refractivity contribution in [1.29, 1.82) is 0 Å². The average Bonchev–Trinajstić information content (AvgIpc) is 3.01. The number of thiophene rings is 1. The molecule has 2 heterocycles. The van der Waals surface area contributed by atoms with E-state index in [1.165, 1.54) is 7.11 Å². The molecule has 0 unspecified atom stereocenters. The topological polar surface area (TPSA) is 130 Å². The molecule has 1 amide bonds. The highest BCUT2D eigenvalue weighted by Gasteiger charge is 2.21. The summed E-state index contributed by atoms with van der Waals surface area (Å²) in [4.78, 5) is 51.7. The zero-order valence-corrected chi connectivity index (χ0v) is 16.6. The predicted octanol–water partition coefficient (Wildman–Crippen LogP) is 2.19. The van der Waals surface area contributed by atoms with Crippen LogP contribution in [-0.4, -0.2) is 33.6 Å². The number of anilines is 1. The Hall–Kier alpha value is -3.40. The number of rotatable bonds is 7. The number of benzene rings is 1. The lowest BCUT2D eigenvalue weighted by atomic mass is 10.2. The average molecular weight is 417 g/mol. The van der Waals surface area contributed by atoms with Crippen molar-refractivity contribution in [2.24, 2.45) is 0 Å². The van der Waals surface area contributed by atoms with E-state index in [1.807, 2.05) is 0 Å². The van der Waals surface area contributed by atoms with Crippen LogP contribution < -0.4 is 21.3 Å². The molecule has 2 aromatic heterocycles. The Labute approximate surface area is 168 Å². The standard InChI is InChI=1S/C19H19N3O6S/c1-10-14-17(21-19(27)22(18(14)26)9-5-8-13(23)24)29-15(10)16(25)20-11-6-3-4-7-12(11)28-2/h3-4,6-7H,5,8-9H2,1-2H3,(H,20,25)(H,21,27)(H,23,24). The van der Waals surface area contributed by atoms with Crippen LogP contribution >= 0.6 is 11.3 Å². The van der Waals surface area contributed by atoms with Crippen molar-refractivity contribution in [1.82, 2.24) is 9.55 Å². The van der Waals surface area contributed by atoms with Crippen molar-refractivity contribution in [3.8, 4) is 5.75 Å². The number of carboxylic acid groups (broad SMARTS) is 1. The van der Waals surface area contributed by atoms with Gasteiger partial charge < -0.3 is 15.2 Å². The number of hydrogen-bond donors (Lipinski definition) is 3. The third kappa shape index (κ3) is 4.06. The number of methoxy groups -OCH3 is 1. The smallest absolute Gasteiger partial charge is 0.329 e. The van der Waals surface area contributed by atoms with Crippen LogP contribution in [0.15, 0.2) is 33.9 Å². The number of aromatic amines is 1. The molecule has 1 aromatic carbocycles. The lowest BCUT2D eigenvalue weighted by Crippen LogP contribution is -2.35. The summed E-state index contributed by atoms with van der Waals surface area (Å²) in [6, 6.07) is 6.93. The lowest BCUT2D eigenvalue weighted by Gasteiger charge is -2.09. The van der Waals surface area contributed by atoms with Gasteiger partial charge in [-0.2, -0.15) is 0 Å². The first-order valence-electron chi connectivity index (χ1n) is 8.76. The van der Waals surface area contributed by atoms with Gasteiger partial charge in [-0.25, -0.2) is 4.79 Å². The number of fused-ring (bicyclic) bond motifs is 1. The molecule has 0 radical (unpaired) electrons. The van der Waals surface area contributed by atoms with Crippen molar-refractivity contribution >= 4 is 39.1 Å². The summed E-state index contributed by atoms with van der Waals surface area (Å²) in [5, 5.41) is 11.7. The molecule has 0 aliphatic carbocycles. The number of aromatic nitrogens is 2. The first kappa shape index (κ1) is 20.3. The van der Waals surface area contributed by atoms with Gasteiger partial charge in [0, 0.05) is 13.0 Å². The molecule has 0 aliphatic heterocycles. The fourth-order valence-electron chi connectivity index (χ4n) is 2.99. The van der Waals surface area contributed by atoms with Crippen LogP contribution in [0.1, 0.15) is 28.1 Å². The molecule has 29 heavy (non-hydrogen) atoms. The number of aliphatic carboxylic acids is 1. The summed E-state index contributed by atoms with van der Waals surface area (Å²) in [5.41, 5.74) is -0.243. The van der Waals surface area contributed by atoms with Crippen molar-refractivity contribution in [3.63, 3.8) is 0 Å². The molecule has 3 aromatic rings. The molecule has 0 fully saturated rings. The predicted molar refractivity (Wildman–Crippen MR) is 109 cm³/mol. The van der Waals surface area contributed by atoms with Crippen molar-refractivity contribution in [3.05, 3.63) is 55.5 Å². The van der Waals surface area contributed by atoms with Gasteiger partial charge in [-0.15, -0.1) is 11.3 Å². The Morgan fingerprint density at radius 1 is 1.28 bits per heavy atom. The molecule has 0 bridgehead atoms. The number of H-pyrrole nitrogens is 1. The van der Waals surface area contributed by atoms with Gasteiger partial charge in [0.15, 0.2) is 0 Å². The molecule has 0 saturated heterocycles. The maximum atomic E-state index is 12.8. The van der Waals surface area contributed by atoms with E-state index >= 15 is 0 Å². The van der Waals surface area contributed by atoms with E-state index in [4.69, 9.17) is 9.84 Å². The minimum atomic E-state index is -1.00. The Balaban J connectivity index is 1.98. The van der Waals surface area contributed by atoms with Crippen molar-refractivity contribution < 1.29 is 19.4 Å². The minimum absolute atomic E-state index is 0.0194. The SMILES string of the molecule is COc1ccccc1NC(=O)c1sc2[nH]c(=O)n(CCCC(=O)O)c(=O)c2c1C. The maximum Gasteiger partial charge on any atom is 0.329 e. The summed E-state index contributed by atoms with van der Waals surface area (Å²) in [6.07, 6.45) is -0.00669. The van der Waals surface area contributed by atoms with Gasteiger partial charge in [-0.1, -0.05) is 12.1 Å². The Morgan fingerprint density at radius 3 is 2.69 bits per heavy atom. The number of carboxylic acids is 1. The van der Waals surface area contributed by atoms with Crippen LogP contribution in [0, 0.1) is 6.92 Å². The summed E-state index contributed by atoms with van der Waals surface area (Å²) in [5.74, 6) is -0.933. The van der Waals surface area contributed by atoms with E-state index in [0.717, 1.165) is 15.9 Å². The van der Waals surface area contributed by atoms with Crippen molar-refractivity contribution in [2.45, 2.75) is 26.3 Å². The van der Waals surface area contributed by atoms with E-state index in [1.54, 1.807) is 31.2 Å². The number of carbonyl (C=O) groups excluding carboxylic acids is 1.